The van der Waals surface area contributed by atoms with E-state index in [4.69, 9.17) is 0 Å². The molecule has 1 rings (SSSR count). The van der Waals surface area contributed by atoms with Crippen LogP contribution >= 0.6 is 0 Å². The second kappa shape index (κ2) is 5.53. The highest BCUT2D eigenvalue weighted by Gasteiger charge is 2.36. The number of aliphatic hydroxyl groups is 1. The lowest BCUT2D eigenvalue weighted by Crippen LogP contribution is -2.37. The second-order valence-electron chi connectivity index (χ2n) is 6.82. The van der Waals surface area contributed by atoms with Gasteiger partial charge in [0.2, 0.25) is 0 Å². The maximum Gasteiger partial charge on any atom is 0.0648 e. The van der Waals surface area contributed by atoms with Crippen LogP contribution < -0.4 is 0 Å². The van der Waals surface area contributed by atoms with E-state index in [-0.39, 0.29) is 5.60 Å². The molecular weight excluding hydrogens is 196 g/mol. The van der Waals surface area contributed by atoms with E-state index >= 15 is 0 Å². The molecule has 0 saturated heterocycles. The number of hydrogen-bond acceptors (Lipinski definition) is 1. The van der Waals surface area contributed by atoms with E-state index in [1.54, 1.807) is 0 Å². The normalized spacial score (nSPS) is 31.7. The molecule has 0 aliphatic heterocycles. The van der Waals surface area contributed by atoms with E-state index in [1.165, 1.54) is 32.1 Å². The van der Waals surface area contributed by atoms with Gasteiger partial charge in [0, 0.05) is 0 Å². The number of hydrogen-bond donors (Lipinski definition) is 1. The van der Waals surface area contributed by atoms with Gasteiger partial charge in [-0.15, -0.1) is 0 Å². The van der Waals surface area contributed by atoms with Gasteiger partial charge >= 0.3 is 0 Å². The molecule has 16 heavy (non-hydrogen) atoms. The highest BCUT2D eigenvalue weighted by molar-refractivity contribution is 4.88. The van der Waals surface area contributed by atoms with E-state index in [1.807, 2.05) is 0 Å². The van der Waals surface area contributed by atoms with Crippen LogP contribution in [-0.2, 0) is 0 Å². The predicted molar refractivity (Wildman–Crippen MR) is 70.5 cm³/mol. The Balaban J connectivity index is 2.35. The Hall–Kier alpha value is -0.0400. The molecule has 1 aliphatic carbocycles. The van der Waals surface area contributed by atoms with Crippen molar-refractivity contribution >= 4 is 0 Å². The van der Waals surface area contributed by atoms with Gasteiger partial charge in [-0.25, -0.2) is 0 Å². The third-order valence-corrected chi connectivity index (χ3v) is 4.39. The van der Waals surface area contributed by atoms with Crippen molar-refractivity contribution in [3.05, 3.63) is 0 Å². The van der Waals surface area contributed by atoms with Crippen molar-refractivity contribution in [3.8, 4) is 0 Å². The topological polar surface area (TPSA) is 20.2 Å². The maximum atomic E-state index is 10.5. The Morgan fingerprint density at radius 3 is 2.12 bits per heavy atom. The summed E-state index contributed by atoms with van der Waals surface area (Å²) < 4.78 is 0. The van der Waals surface area contributed by atoms with Gasteiger partial charge in [-0.1, -0.05) is 47.0 Å². The van der Waals surface area contributed by atoms with Gasteiger partial charge in [-0.2, -0.15) is 0 Å². The lowest BCUT2D eigenvalue weighted by Gasteiger charge is -2.41. The Kier molecular flexibility index (Phi) is 4.85. The van der Waals surface area contributed by atoms with Crippen LogP contribution in [0.2, 0.25) is 0 Å². The zero-order valence-electron chi connectivity index (χ0n) is 11.7. The highest BCUT2D eigenvalue weighted by atomic mass is 16.3. The van der Waals surface area contributed by atoms with Crippen LogP contribution in [0.1, 0.15) is 79.1 Å². The molecule has 0 radical (unpaired) electrons. The first-order chi connectivity index (χ1) is 7.37. The van der Waals surface area contributed by atoms with Crippen LogP contribution in [-0.4, -0.2) is 10.7 Å². The Bertz CT molecular complexity index is 194. The zero-order chi connectivity index (χ0) is 12.2. The molecule has 0 spiro atoms. The molecule has 96 valence electrons. The van der Waals surface area contributed by atoms with Crippen molar-refractivity contribution in [2.24, 2.45) is 11.3 Å². The summed E-state index contributed by atoms with van der Waals surface area (Å²) in [5, 5.41) is 10.5. The molecule has 1 aliphatic rings. The Morgan fingerprint density at radius 1 is 1.12 bits per heavy atom. The average molecular weight is 226 g/mol. The minimum atomic E-state index is -0.322. The maximum absolute atomic E-state index is 10.5. The molecule has 1 N–H and O–H groups in total. The highest BCUT2D eigenvalue weighted by Crippen LogP contribution is 2.42. The zero-order valence-corrected chi connectivity index (χ0v) is 11.7. The third-order valence-electron chi connectivity index (χ3n) is 4.39. The van der Waals surface area contributed by atoms with Crippen molar-refractivity contribution in [2.45, 2.75) is 84.7 Å². The van der Waals surface area contributed by atoms with Crippen LogP contribution in [0.15, 0.2) is 0 Å². The summed E-state index contributed by atoms with van der Waals surface area (Å²) in [6, 6.07) is 0. The van der Waals surface area contributed by atoms with Crippen molar-refractivity contribution in [2.75, 3.05) is 0 Å². The van der Waals surface area contributed by atoms with Crippen molar-refractivity contribution < 1.29 is 5.11 Å². The van der Waals surface area contributed by atoms with Gasteiger partial charge in [-0.05, 0) is 43.4 Å². The largest absolute Gasteiger partial charge is 0.390 e. The first kappa shape index (κ1) is 14.0. The average Bonchev–Trinajstić information content (AvgIpc) is 2.17. The molecule has 0 bridgehead atoms. The van der Waals surface area contributed by atoms with Crippen LogP contribution in [0.5, 0.6) is 0 Å². The molecule has 0 amide bonds. The van der Waals surface area contributed by atoms with E-state index in [2.05, 4.69) is 27.7 Å². The minimum Gasteiger partial charge on any atom is -0.390 e. The summed E-state index contributed by atoms with van der Waals surface area (Å²) >= 11 is 0. The second-order valence-corrected chi connectivity index (χ2v) is 6.82. The SMILES string of the molecule is CCCCC[C@]1(O)CC[C@H](C(C)(C)C)CC1. The summed E-state index contributed by atoms with van der Waals surface area (Å²) in [6.45, 7) is 9.22. The van der Waals surface area contributed by atoms with Crippen LogP contribution in [0.3, 0.4) is 0 Å². The summed E-state index contributed by atoms with van der Waals surface area (Å²) in [6.07, 6.45) is 9.23. The van der Waals surface area contributed by atoms with Crippen LogP contribution in [0.25, 0.3) is 0 Å². The molecule has 1 nitrogen and oxygen atoms in total. The van der Waals surface area contributed by atoms with Crippen molar-refractivity contribution in [1.82, 2.24) is 0 Å². The minimum absolute atomic E-state index is 0.322. The summed E-state index contributed by atoms with van der Waals surface area (Å²) in [5.41, 5.74) is 0.0989. The molecule has 1 fully saturated rings. The summed E-state index contributed by atoms with van der Waals surface area (Å²) in [5.74, 6) is 0.805. The molecule has 0 aromatic carbocycles. The smallest absolute Gasteiger partial charge is 0.0648 e. The molecule has 0 unspecified atom stereocenters. The van der Waals surface area contributed by atoms with Gasteiger partial charge in [0.1, 0.15) is 0 Å². The molecule has 0 atom stereocenters. The Labute approximate surface area is 102 Å². The number of unbranched alkanes of at least 4 members (excludes halogenated alkanes) is 2. The van der Waals surface area contributed by atoms with E-state index in [0.29, 0.717) is 5.41 Å². The van der Waals surface area contributed by atoms with E-state index < -0.39 is 0 Å². The van der Waals surface area contributed by atoms with Gasteiger partial charge in [-0.3, -0.25) is 0 Å². The fourth-order valence-electron chi connectivity index (χ4n) is 2.98. The van der Waals surface area contributed by atoms with E-state index in [9.17, 15) is 5.11 Å². The van der Waals surface area contributed by atoms with Crippen molar-refractivity contribution in [1.29, 1.82) is 0 Å². The van der Waals surface area contributed by atoms with Crippen molar-refractivity contribution in [3.63, 3.8) is 0 Å². The summed E-state index contributed by atoms with van der Waals surface area (Å²) in [4.78, 5) is 0. The quantitative estimate of drug-likeness (QED) is 0.698. The van der Waals surface area contributed by atoms with Gasteiger partial charge in [0.25, 0.3) is 0 Å². The first-order valence-electron chi connectivity index (χ1n) is 7.10. The molecule has 1 saturated carbocycles. The molecule has 1 heteroatoms. The van der Waals surface area contributed by atoms with E-state index in [0.717, 1.165) is 25.2 Å². The van der Waals surface area contributed by atoms with Gasteiger partial charge < -0.3 is 5.11 Å². The lowest BCUT2D eigenvalue weighted by molar-refractivity contribution is -0.0328. The molecule has 0 aromatic heterocycles. The third kappa shape index (κ3) is 4.08. The predicted octanol–water partition coefficient (Wildman–Crippen LogP) is 4.53. The van der Waals surface area contributed by atoms with Crippen LogP contribution in [0.4, 0.5) is 0 Å². The molecule has 0 heterocycles. The number of rotatable bonds is 4. The lowest BCUT2D eigenvalue weighted by atomic mass is 9.67. The summed E-state index contributed by atoms with van der Waals surface area (Å²) in [7, 11) is 0. The van der Waals surface area contributed by atoms with Gasteiger partial charge in [0.05, 0.1) is 5.60 Å². The molecule has 0 aromatic rings. The van der Waals surface area contributed by atoms with Crippen LogP contribution in [0, 0.1) is 11.3 Å². The standard InChI is InChI=1S/C15H30O/c1-5-6-7-10-15(16)11-8-13(9-12-15)14(2,3)4/h13,16H,5-12H2,1-4H3/t13-,15-. The monoisotopic (exact) mass is 226 g/mol. The molecular formula is C15H30O. The fraction of sp³-hybridized carbons (Fsp3) is 1.00. The Morgan fingerprint density at radius 2 is 1.69 bits per heavy atom. The fourth-order valence-corrected chi connectivity index (χ4v) is 2.98. The first-order valence-corrected chi connectivity index (χ1v) is 7.10. The van der Waals surface area contributed by atoms with Gasteiger partial charge in [0.15, 0.2) is 0 Å².